The molecule has 0 spiro atoms. The average Bonchev–Trinajstić information content (AvgIpc) is 2.68. The summed E-state index contributed by atoms with van der Waals surface area (Å²) >= 11 is 0. The molecule has 0 aliphatic heterocycles. The molecular weight excluding hydrogens is 198 g/mol. The van der Waals surface area contributed by atoms with E-state index in [9.17, 15) is 0 Å². The van der Waals surface area contributed by atoms with E-state index < -0.39 is 0 Å². The first-order valence-electron chi connectivity index (χ1n) is 6.37. The topological polar surface area (TPSA) is 29.9 Å². The van der Waals surface area contributed by atoms with Crippen LogP contribution in [0, 0.1) is 5.92 Å². The fourth-order valence-corrected chi connectivity index (χ4v) is 1.98. The van der Waals surface area contributed by atoms with Gasteiger partial charge in [-0.05, 0) is 38.6 Å². The molecule has 1 atom stereocenters. The SMILES string of the molecule is CC(C)CC(C)NCCCCn1ccnc1. The molecule has 0 saturated carbocycles. The molecule has 1 unspecified atom stereocenters. The highest BCUT2D eigenvalue weighted by Gasteiger charge is 2.03. The summed E-state index contributed by atoms with van der Waals surface area (Å²) in [6.07, 6.45) is 9.46. The zero-order valence-corrected chi connectivity index (χ0v) is 10.8. The summed E-state index contributed by atoms with van der Waals surface area (Å²) in [5, 5.41) is 3.57. The zero-order valence-electron chi connectivity index (χ0n) is 10.8. The average molecular weight is 223 g/mol. The number of aryl methyl sites for hydroxylation is 1. The molecule has 0 aliphatic carbocycles. The molecule has 0 aromatic carbocycles. The monoisotopic (exact) mass is 223 g/mol. The fourth-order valence-electron chi connectivity index (χ4n) is 1.98. The molecule has 92 valence electrons. The Hall–Kier alpha value is -0.830. The van der Waals surface area contributed by atoms with Gasteiger partial charge in [0.1, 0.15) is 0 Å². The Labute approximate surface area is 99.3 Å². The van der Waals surface area contributed by atoms with Crippen LogP contribution in [0.4, 0.5) is 0 Å². The van der Waals surface area contributed by atoms with Crippen LogP contribution in [0.3, 0.4) is 0 Å². The van der Waals surface area contributed by atoms with Crippen LogP contribution in [0.15, 0.2) is 18.7 Å². The largest absolute Gasteiger partial charge is 0.337 e. The molecule has 0 fully saturated rings. The van der Waals surface area contributed by atoms with Crippen LogP contribution in [0.1, 0.15) is 40.0 Å². The highest BCUT2D eigenvalue weighted by atomic mass is 15.0. The summed E-state index contributed by atoms with van der Waals surface area (Å²) in [5.41, 5.74) is 0. The standard InChI is InChI=1S/C13H25N3/c1-12(2)10-13(3)15-6-4-5-8-16-9-7-14-11-16/h7,9,11-13,15H,4-6,8,10H2,1-3H3. The third kappa shape index (κ3) is 5.91. The van der Waals surface area contributed by atoms with Crippen LogP contribution in [0.25, 0.3) is 0 Å². The summed E-state index contributed by atoms with van der Waals surface area (Å²) in [5.74, 6) is 0.786. The smallest absolute Gasteiger partial charge is 0.0945 e. The Kier molecular flexibility index (Phi) is 6.16. The Bertz CT molecular complexity index is 254. The number of aromatic nitrogens is 2. The van der Waals surface area contributed by atoms with Gasteiger partial charge >= 0.3 is 0 Å². The van der Waals surface area contributed by atoms with Crippen LogP contribution >= 0.6 is 0 Å². The Balaban J connectivity index is 1.95. The Morgan fingerprint density at radius 1 is 1.25 bits per heavy atom. The summed E-state index contributed by atoms with van der Waals surface area (Å²) in [4.78, 5) is 4.03. The van der Waals surface area contributed by atoms with Crippen molar-refractivity contribution in [2.75, 3.05) is 6.54 Å². The molecule has 0 aliphatic rings. The van der Waals surface area contributed by atoms with Crippen molar-refractivity contribution in [2.45, 2.75) is 52.6 Å². The minimum absolute atomic E-state index is 0.647. The predicted octanol–water partition coefficient (Wildman–Crippen LogP) is 2.69. The van der Waals surface area contributed by atoms with E-state index >= 15 is 0 Å². The molecule has 1 rings (SSSR count). The second-order valence-electron chi connectivity index (χ2n) is 4.99. The summed E-state index contributed by atoms with van der Waals surface area (Å²) in [6, 6.07) is 0.647. The van der Waals surface area contributed by atoms with Gasteiger partial charge in [0.25, 0.3) is 0 Å². The van der Waals surface area contributed by atoms with Crippen LogP contribution in [-0.4, -0.2) is 22.1 Å². The third-order valence-corrected chi connectivity index (χ3v) is 2.72. The first-order valence-corrected chi connectivity index (χ1v) is 6.37. The van der Waals surface area contributed by atoms with Crippen LogP contribution in [0.2, 0.25) is 0 Å². The van der Waals surface area contributed by atoms with Gasteiger partial charge in [-0.15, -0.1) is 0 Å². The minimum atomic E-state index is 0.647. The van der Waals surface area contributed by atoms with Crippen LogP contribution in [-0.2, 0) is 6.54 Å². The van der Waals surface area contributed by atoms with E-state index in [0.717, 1.165) is 19.0 Å². The predicted molar refractivity (Wildman–Crippen MR) is 68.4 cm³/mol. The van der Waals surface area contributed by atoms with Gasteiger partial charge in [0.15, 0.2) is 0 Å². The lowest BCUT2D eigenvalue weighted by Crippen LogP contribution is -2.28. The number of nitrogens with zero attached hydrogens (tertiary/aromatic N) is 2. The maximum atomic E-state index is 4.03. The van der Waals surface area contributed by atoms with Crippen molar-refractivity contribution in [1.82, 2.24) is 14.9 Å². The zero-order chi connectivity index (χ0) is 11.8. The molecule has 1 aromatic heterocycles. The maximum absolute atomic E-state index is 4.03. The van der Waals surface area contributed by atoms with Gasteiger partial charge in [-0.2, -0.15) is 0 Å². The van der Waals surface area contributed by atoms with Gasteiger partial charge in [-0.3, -0.25) is 0 Å². The molecule has 1 heterocycles. The quantitative estimate of drug-likeness (QED) is 0.687. The second-order valence-corrected chi connectivity index (χ2v) is 4.99. The van der Waals surface area contributed by atoms with E-state index in [1.165, 1.54) is 19.3 Å². The van der Waals surface area contributed by atoms with Crippen molar-refractivity contribution in [3.8, 4) is 0 Å². The fraction of sp³-hybridized carbons (Fsp3) is 0.769. The van der Waals surface area contributed by atoms with E-state index in [1.54, 1.807) is 0 Å². The van der Waals surface area contributed by atoms with E-state index in [-0.39, 0.29) is 0 Å². The van der Waals surface area contributed by atoms with Gasteiger partial charge in [-0.1, -0.05) is 13.8 Å². The van der Waals surface area contributed by atoms with E-state index in [2.05, 4.69) is 35.6 Å². The van der Waals surface area contributed by atoms with Crippen molar-refractivity contribution in [3.63, 3.8) is 0 Å². The highest BCUT2D eigenvalue weighted by molar-refractivity contribution is 4.73. The summed E-state index contributed by atoms with van der Waals surface area (Å²) < 4.78 is 2.14. The number of unbranched alkanes of at least 4 members (excludes halogenated alkanes) is 1. The molecule has 1 aromatic rings. The molecule has 16 heavy (non-hydrogen) atoms. The van der Waals surface area contributed by atoms with Gasteiger partial charge in [0, 0.05) is 25.0 Å². The second kappa shape index (κ2) is 7.44. The molecule has 1 N–H and O–H groups in total. The molecule has 0 amide bonds. The highest BCUT2D eigenvalue weighted by Crippen LogP contribution is 2.03. The van der Waals surface area contributed by atoms with Crippen LogP contribution < -0.4 is 5.32 Å². The van der Waals surface area contributed by atoms with Crippen molar-refractivity contribution < 1.29 is 0 Å². The minimum Gasteiger partial charge on any atom is -0.337 e. The first kappa shape index (κ1) is 13.2. The van der Waals surface area contributed by atoms with Gasteiger partial charge in [0.2, 0.25) is 0 Å². The number of nitrogens with one attached hydrogen (secondary N) is 1. The molecule has 3 heteroatoms. The maximum Gasteiger partial charge on any atom is 0.0945 e. The normalized spacial score (nSPS) is 13.2. The van der Waals surface area contributed by atoms with Crippen molar-refractivity contribution in [2.24, 2.45) is 5.92 Å². The molecule has 3 nitrogen and oxygen atoms in total. The van der Waals surface area contributed by atoms with Crippen molar-refractivity contribution in [1.29, 1.82) is 0 Å². The lowest BCUT2D eigenvalue weighted by atomic mass is 10.1. The molecule has 0 radical (unpaired) electrons. The number of rotatable bonds is 8. The number of hydrogen-bond donors (Lipinski definition) is 1. The third-order valence-electron chi connectivity index (χ3n) is 2.72. The number of hydrogen-bond acceptors (Lipinski definition) is 2. The van der Waals surface area contributed by atoms with Crippen molar-refractivity contribution in [3.05, 3.63) is 18.7 Å². The summed E-state index contributed by atoms with van der Waals surface area (Å²) in [7, 11) is 0. The molecular formula is C13H25N3. The van der Waals surface area contributed by atoms with Gasteiger partial charge in [0.05, 0.1) is 6.33 Å². The number of imidazole rings is 1. The Morgan fingerprint density at radius 2 is 2.06 bits per heavy atom. The first-order chi connectivity index (χ1) is 7.68. The molecule has 0 bridgehead atoms. The van der Waals surface area contributed by atoms with Gasteiger partial charge in [-0.25, -0.2) is 4.98 Å². The van der Waals surface area contributed by atoms with E-state index in [1.807, 2.05) is 18.7 Å². The Morgan fingerprint density at radius 3 is 2.69 bits per heavy atom. The van der Waals surface area contributed by atoms with Gasteiger partial charge < -0.3 is 9.88 Å². The van der Waals surface area contributed by atoms with E-state index in [0.29, 0.717) is 6.04 Å². The van der Waals surface area contributed by atoms with E-state index in [4.69, 9.17) is 0 Å². The molecule has 0 saturated heterocycles. The van der Waals surface area contributed by atoms with Crippen molar-refractivity contribution >= 4 is 0 Å². The lowest BCUT2D eigenvalue weighted by Gasteiger charge is -2.15. The van der Waals surface area contributed by atoms with Crippen LogP contribution in [0.5, 0.6) is 0 Å². The summed E-state index contributed by atoms with van der Waals surface area (Å²) in [6.45, 7) is 9.03. The lowest BCUT2D eigenvalue weighted by molar-refractivity contribution is 0.433.